The lowest BCUT2D eigenvalue weighted by Gasteiger charge is -2.32. The minimum Gasteiger partial charge on any atom is -0.367 e. The van der Waals surface area contributed by atoms with Crippen molar-refractivity contribution in [2.24, 2.45) is 0 Å². The van der Waals surface area contributed by atoms with Gasteiger partial charge in [-0.05, 0) is 36.6 Å². The van der Waals surface area contributed by atoms with Crippen LogP contribution in [0.2, 0.25) is 0 Å². The molecule has 6 heteroatoms. The zero-order chi connectivity index (χ0) is 18.7. The Balaban J connectivity index is 1.36. The summed E-state index contributed by atoms with van der Waals surface area (Å²) < 4.78 is 26.9. The van der Waals surface area contributed by atoms with E-state index in [9.17, 15) is 8.42 Å². The predicted molar refractivity (Wildman–Crippen MR) is 109 cm³/mol. The molecule has 0 bridgehead atoms. The molecule has 2 heterocycles. The molecule has 140 valence electrons. The van der Waals surface area contributed by atoms with Gasteiger partial charge in [0.1, 0.15) is 5.82 Å². The third-order valence-electron chi connectivity index (χ3n) is 4.99. The Hall–Kier alpha value is -2.44. The van der Waals surface area contributed by atoms with E-state index in [4.69, 9.17) is 0 Å². The second-order valence-corrected chi connectivity index (χ2v) is 8.92. The number of rotatable bonds is 5. The van der Waals surface area contributed by atoms with Crippen LogP contribution < -0.4 is 5.32 Å². The highest BCUT2D eigenvalue weighted by Crippen LogP contribution is 2.21. The molecular formula is C21H23N3O2S. The Morgan fingerprint density at radius 2 is 1.63 bits per heavy atom. The lowest BCUT2D eigenvalue weighted by Crippen LogP contribution is -2.42. The summed E-state index contributed by atoms with van der Waals surface area (Å²) in [6.45, 7) is 1.08. The first kappa shape index (κ1) is 17.9. The summed E-state index contributed by atoms with van der Waals surface area (Å²) in [6.07, 6.45) is 1.56. The van der Waals surface area contributed by atoms with Crippen LogP contribution in [0.25, 0.3) is 10.9 Å². The molecule has 4 rings (SSSR count). The van der Waals surface area contributed by atoms with E-state index < -0.39 is 10.0 Å². The number of fused-ring (bicyclic) bond motifs is 1. The molecule has 0 amide bonds. The molecular weight excluding hydrogens is 358 g/mol. The number of hydrogen-bond donors (Lipinski definition) is 1. The molecule has 1 aliphatic heterocycles. The number of para-hydroxylation sites is 1. The van der Waals surface area contributed by atoms with Crippen molar-refractivity contribution in [3.63, 3.8) is 0 Å². The van der Waals surface area contributed by atoms with E-state index >= 15 is 0 Å². The second-order valence-electron chi connectivity index (χ2n) is 6.95. The van der Waals surface area contributed by atoms with Crippen LogP contribution in [0, 0.1) is 0 Å². The summed E-state index contributed by atoms with van der Waals surface area (Å²) in [4.78, 5) is 4.65. The lowest BCUT2D eigenvalue weighted by molar-refractivity contribution is 0.329. The van der Waals surface area contributed by atoms with Crippen molar-refractivity contribution in [3.05, 3.63) is 72.3 Å². The molecule has 0 unspecified atom stereocenters. The van der Waals surface area contributed by atoms with Crippen molar-refractivity contribution in [3.8, 4) is 0 Å². The summed E-state index contributed by atoms with van der Waals surface area (Å²) in [5.74, 6) is 0.914. The van der Waals surface area contributed by atoms with E-state index in [2.05, 4.69) is 16.4 Å². The highest BCUT2D eigenvalue weighted by atomic mass is 32.2. The molecule has 1 aromatic heterocycles. The molecule has 1 fully saturated rings. The van der Waals surface area contributed by atoms with Crippen molar-refractivity contribution in [1.29, 1.82) is 0 Å². The number of piperidine rings is 1. The van der Waals surface area contributed by atoms with Gasteiger partial charge in [0.2, 0.25) is 10.0 Å². The number of anilines is 1. The van der Waals surface area contributed by atoms with Crippen molar-refractivity contribution >= 4 is 26.7 Å². The van der Waals surface area contributed by atoms with Crippen LogP contribution in [0.3, 0.4) is 0 Å². The molecule has 1 aliphatic rings. The normalized spacial score (nSPS) is 16.4. The topological polar surface area (TPSA) is 62.3 Å². The Labute approximate surface area is 160 Å². The molecule has 5 nitrogen and oxygen atoms in total. The van der Waals surface area contributed by atoms with Gasteiger partial charge in [-0.1, -0.05) is 48.5 Å². The molecule has 27 heavy (non-hydrogen) atoms. The fraction of sp³-hybridized carbons (Fsp3) is 0.286. The Kier molecular flexibility index (Phi) is 5.09. The van der Waals surface area contributed by atoms with Gasteiger partial charge in [0.15, 0.2) is 0 Å². The van der Waals surface area contributed by atoms with Gasteiger partial charge in [-0.15, -0.1) is 0 Å². The fourth-order valence-corrected chi connectivity index (χ4v) is 5.07. The maximum atomic E-state index is 12.7. The van der Waals surface area contributed by atoms with E-state index in [0.717, 1.165) is 35.1 Å². The van der Waals surface area contributed by atoms with Crippen LogP contribution in [-0.2, 0) is 15.8 Å². The first-order chi connectivity index (χ1) is 13.1. The number of nitrogens with zero attached hydrogens (tertiary/aromatic N) is 2. The van der Waals surface area contributed by atoms with Gasteiger partial charge in [-0.2, -0.15) is 0 Å². The van der Waals surface area contributed by atoms with Gasteiger partial charge in [0, 0.05) is 24.5 Å². The number of nitrogens with one attached hydrogen (secondary N) is 1. The highest BCUT2D eigenvalue weighted by molar-refractivity contribution is 7.88. The monoisotopic (exact) mass is 381 g/mol. The Morgan fingerprint density at radius 3 is 2.41 bits per heavy atom. The number of benzene rings is 2. The maximum absolute atomic E-state index is 12.7. The van der Waals surface area contributed by atoms with Gasteiger partial charge in [-0.3, -0.25) is 0 Å². The summed E-state index contributed by atoms with van der Waals surface area (Å²) in [5.41, 5.74) is 1.79. The quantitative estimate of drug-likeness (QED) is 0.733. The summed E-state index contributed by atoms with van der Waals surface area (Å²) >= 11 is 0. The van der Waals surface area contributed by atoms with Crippen molar-refractivity contribution in [2.75, 3.05) is 18.4 Å². The Bertz CT molecular complexity index is 1010. The van der Waals surface area contributed by atoms with Crippen LogP contribution in [0.1, 0.15) is 18.4 Å². The second kappa shape index (κ2) is 7.66. The van der Waals surface area contributed by atoms with E-state index in [1.807, 2.05) is 60.7 Å². The average molecular weight is 382 g/mol. The fourth-order valence-electron chi connectivity index (χ4n) is 3.51. The van der Waals surface area contributed by atoms with Crippen LogP contribution in [0.15, 0.2) is 66.7 Å². The van der Waals surface area contributed by atoms with E-state index in [1.165, 1.54) is 0 Å². The van der Waals surface area contributed by atoms with E-state index in [0.29, 0.717) is 13.1 Å². The van der Waals surface area contributed by atoms with Gasteiger partial charge in [0.05, 0.1) is 11.3 Å². The number of pyridine rings is 1. The first-order valence-corrected chi connectivity index (χ1v) is 10.9. The molecule has 2 aromatic carbocycles. The van der Waals surface area contributed by atoms with Crippen LogP contribution in [0.4, 0.5) is 5.82 Å². The molecule has 1 saturated heterocycles. The van der Waals surface area contributed by atoms with Crippen molar-refractivity contribution in [2.45, 2.75) is 24.6 Å². The zero-order valence-corrected chi connectivity index (χ0v) is 15.9. The minimum absolute atomic E-state index is 0.0676. The molecule has 3 aromatic rings. The largest absolute Gasteiger partial charge is 0.367 e. The van der Waals surface area contributed by atoms with Gasteiger partial charge < -0.3 is 5.32 Å². The van der Waals surface area contributed by atoms with Gasteiger partial charge >= 0.3 is 0 Å². The Morgan fingerprint density at radius 1 is 0.926 bits per heavy atom. The van der Waals surface area contributed by atoms with Gasteiger partial charge in [-0.25, -0.2) is 17.7 Å². The number of hydrogen-bond acceptors (Lipinski definition) is 4. The SMILES string of the molecule is O=S(=O)(Cc1ccccc1)N1CCC(Nc2ccc3ccccc3n2)CC1. The standard InChI is InChI=1S/C21H23N3O2S/c25-27(26,16-17-6-2-1-3-7-17)24-14-12-19(13-15-24)22-21-11-10-18-8-4-5-9-20(18)23-21/h1-11,19H,12-16H2,(H,22,23). The molecule has 0 radical (unpaired) electrons. The molecule has 0 atom stereocenters. The van der Waals surface area contributed by atoms with Crippen LogP contribution >= 0.6 is 0 Å². The summed E-state index contributed by atoms with van der Waals surface area (Å²) in [5, 5.41) is 4.58. The molecule has 1 N–H and O–H groups in total. The third-order valence-corrected chi connectivity index (χ3v) is 6.84. The van der Waals surface area contributed by atoms with E-state index in [-0.39, 0.29) is 11.8 Å². The predicted octanol–water partition coefficient (Wildman–Crippen LogP) is 3.64. The molecule has 0 saturated carbocycles. The van der Waals surface area contributed by atoms with Crippen LogP contribution in [0.5, 0.6) is 0 Å². The average Bonchev–Trinajstić information content (AvgIpc) is 2.69. The van der Waals surface area contributed by atoms with Gasteiger partial charge in [0.25, 0.3) is 0 Å². The van der Waals surface area contributed by atoms with Crippen LogP contribution in [-0.4, -0.2) is 36.8 Å². The number of aromatic nitrogens is 1. The smallest absolute Gasteiger partial charge is 0.218 e. The van der Waals surface area contributed by atoms with Crippen molar-refractivity contribution in [1.82, 2.24) is 9.29 Å². The molecule has 0 aliphatic carbocycles. The maximum Gasteiger partial charge on any atom is 0.218 e. The zero-order valence-electron chi connectivity index (χ0n) is 15.1. The molecule has 0 spiro atoms. The number of sulfonamides is 1. The summed E-state index contributed by atoms with van der Waals surface area (Å²) in [6, 6.07) is 21.7. The third kappa shape index (κ3) is 4.28. The van der Waals surface area contributed by atoms with Crippen molar-refractivity contribution < 1.29 is 8.42 Å². The summed E-state index contributed by atoms with van der Waals surface area (Å²) in [7, 11) is -3.27. The first-order valence-electron chi connectivity index (χ1n) is 9.24. The minimum atomic E-state index is -3.27. The van der Waals surface area contributed by atoms with E-state index in [1.54, 1.807) is 4.31 Å². The lowest BCUT2D eigenvalue weighted by atomic mass is 10.1. The highest BCUT2D eigenvalue weighted by Gasteiger charge is 2.28.